The van der Waals surface area contributed by atoms with Crippen LogP contribution in [0, 0.1) is 0 Å². The fourth-order valence-corrected chi connectivity index (χ4v) is 3.62. The summed E-state index contributed by atoms with van der Waals surface area (Å²) in [4.78, 5) is 32.4. The van der Waals surface area contributed by atoms with E-state index in [9.17, 15) is 9.59 Å². The molecule has 1 aliphatic rings. The Hall–Kier alpha value is -3.07. The maximum absolute atomic E-state index is 11.6. The molecule has 8 nitrogen and oxygen atoms in total. The van der Waals surface area contributed by atoms with Crippen molar-refractivity contribution < 1.29 is 23.9 Å². The Morgan fingerprint density at radius 2 is 1.94 bits per heavy atom. The summed E-state index contributed by atoms with van der Waals surface area (Å²) in [5, 5.41) is 5.72. The van der Waals surface area contributed by atoms with E-state index in [0.29, 0.717) is 37.0 Å². The van der Waals surface area contributed by atoms with Crippen LogP contribution < -0.4 is 14.8 Å². The number of imide groups is 1. The van der Waals surface area contributed by atoms with E-state index in [-0.39, 0.29) is 22.5 Å². The Morgan fingerprint density at radius 1 is 1.16 bits per heavy atom. The topological polar surface area (TPSA) is 99.1 Å². The largest absolute Gasteiger partial charge is 0.490 e. The van der Waals surface area contributed by atoms with Gasteiger partial charge in [-0.1, -0.05) is 29.1 Å². The maximum atomic E-state index is 11.6. The first-order valence-electron chi connectivity index (χ1n) is 9.93. The normalized spacial score (nSPS) is 16.4. The highest BCUT2D eigenvalue weighted by Crippen LogP contribution is 2.23. The van der Waals surface area contributed by atoms with Crippen LogP contribution in [0.25, 0.3) is 0 Å². The van der Waals surface area contributed by atoms with Crippen molar-refractivity contribution in [2.24, 2.45) is 5.16 Å². The van der Waals surface area contributed by atoms with Crippen LogP contribution in [-0.2, 0) is 16.1 Å². The molecule has 1 atom stereocenters. The van der Waals surface area contributed by atoms with Crippen LogP contribution in [0.3, 0.4) is 0 Å². The number of pyridine rings is 1. The number of ether oxygens (including phenoxy) is 2. The third-order valence-electron chi connectivity index (χ3n) is 4.27. The quantitative estimate of drug-likeness (QED) is 0.340. The van der Waals surface area contributed by atoms with E-state index in [1.807, 2.05) is 51.1 Å². The van der Waals surface area contributed by atoms with E-state index < -0.39 is 0 Å². The SMILES string of the molecule is CC(=NOCCOc1ccc(CC2SC(=O)NC2=O)cc1)c1ccc(OC(C)C)nc1. The average molecular weight is 444 g/mol. The molecule has 1 N–H and O–H groups in total. The minimum Gasteiger partial charge on any atom is -0.490 e. The second kappa shape index (κ2) is 10.8. The number of carbonyl (C=O) groups is 2. The molecule has 0 bridgehead atoms. The summed E-state index contributed by atoms with van der Waals surface area (Å²) in [5.74, 6) is 1.03. The van der Waals surface area contributed by atoms with Gasteiger partial charge >= 0.3 is 0 Å². The monoisotopic (exact) mass is 443 g/mol. The number of benzene rings is 1. The lowest BCUT2D eigenvalue weighted by Crippen LogP contribution is -2.25. The molecule has 1 aromatic carbocycles. The van der Waals surface area contributed by atoms with Crippen molar-refractivity contribution in [3.8, 4) is 11.6 Å². The summed E-state index contributed by atoms with van der Waals surface area (Å²) in [5.41, 5.74) is 2.52. The molecule has 164 valence electrons. The fraction of sp³-hybridized carbons (Fsp3) is 0.364. The summed E-state index contributed by atoms with van der Waals surface area (Å²) in [7, 11) is 0. The molecule has 1 aliphatic heterocycles. The van der Waals surface area contributed by atoms with Gasteiger partial charge in [-0.25, -0.2) is 4.98 Å². The standard InChI is InChI=1S/C22H25N3O5S/c1-14(2)30-20-9-6-17(13-23-20)15(3)25-29-11-10-28-18-7-4-16(5-8-18)12-19-21(26)24-22(27)31-19/h4-9,13-14,19H,10-12H2,1-3H3,(H,24,26,27). The summed E-state index contributed by atoms with van der Waals surface area (Å²) >= 11 is 1.03. The molecule has 0 saturated carbocycles. The van der Waals surface area contributed by atoms with Gasteiger partial charge in [-0.3, -0.25) is 14.9 Å². The molecule has 9 heteroatoms. The summed E-state index contributed by atoms with van der Waals surface area (Å²) in [6.07, 6.45) is 2.27. The summed E-state index contributed by atoms with van der Waals surface area (Å²) in [6, 6.07) is 11.1. The van der Waals surface area contributed by atoms with Gasteiger partial charge in [0.1, 0.15) is 12.4 Å². The van der Waals surface area contributed by atoms with Gasteiger partial charge in [0.05, 0.1) is 17.1 Å². The highest BCUT2D eigenvalue weighted by atomic mass is 32.2. The van der Waals surface area contributed by atoms with Gasteiger partial charge in [0, 0.05) is 17.8 Å². The minimum atomic E-state index is -0.372. The highest BCUT2D eigenvalue weighted by molar-refractivity contribution is 8.15. The van der Waals surface area contributed by atoms with E-state index in [2.05, 4.69) is 15.5 Å². The minimum absolute atomic E-state index is 0.0751. The number of nitrogens with zero attached hydrogens (tertiary/aromatic N) is 2. The van der Waals surface area contributed by atoms with Crippen molar-refractivity contribution in [3.05, 3.63) is 53.7 Å². The third-order valence-corrected chi connectivity index (χ3v) is 5.25. The van der Waals surface area contributed by atoms with Crippen LogP contribution in [-0.4, -0.2) is 46.4 Å². The van der Waals surface area contributed by atoms with Crippen LogP contribution in [0.1, 0.15) is 31.9 Å². The number of hydrogen-bond donors (Lipinski definition) is 1. The number of carbonyl (C=O) groups excluding carboxylic acids is 2. The van der Waals surface area contributed by atoms with E-state index in [1.54, 1.807) is 12.3 Å². The van der Waals surface area contributed by atoms with Gasteiger partial charge in [-0.15, -0.1) is 0 Å². The zero-order chi connectivity index (χ0) is 22.2. The molecule has 2 amide bonds. The third kappa shape index (κ3) is 6.99. The predicted molar refractivity (Wildman–Crippen MR) is 119 cm³/mol. The molecule has 1 fully saturated rings. The fourth-order valence-electron chi connectivity index (χ4n) is 2.76. The van der Waals surface area contributed by atoms with Crippen LogP contribution in [0.2, 0.25) is 0 Å². The Kier molecular flexibility index (Phi) is 7.88. The summed E-state index contributed by atoms with van der Waals surface area (Å²) < 4.78 is 11.2. The lowest BCUT2D eigenvalue weighted by atomic mass is 10.1. The van der Waals surface area contributed by atoms with Crippen LogP contribution in [0.5, 0.6) is 11.6 Å². The van der Waals surface area contributed by atoms with E-state index in [1.165, 1.54) is 0 Å². The van der Waals surface area contributed by atoms with E-state index in [0.717, 1.165) is 22.9 Å². The molecular formula is C22H25N3O5S. The zero-order valence-corrected chi connectivity index (χ0v) is 18.5. The number of amides is 2. The Bertz CT molecular complexity index is 929. The summed E-state index contributed by atoms with van der Waals surface area (Å²) in [6.45, 7) is 6.37. The number of nitrogens with one attached hydrogen (secondary N) is 1. The number of hydrogen-bond acceptors (Lipinski definition) is 8. The average Bonchev–Trinajstić information content (AvgIpc) is 3.05. The Morgan fingerprint density at radius 3 is 2.55 bits per heavy atom. The van der Waals surface area contributed by atoms with Gasteiger partial charge in [0.2, 0.25) is 11.8 Å². The van der Waals surface area contributed by atoms with Crippen molar-refractivity contribution in [2.75, 3.05) is 13.2 Å². The number of rotatable bonds is 10. The van der Waals surface area contributed by atoms with Crippen molar-refractivity contribution >= 4 is 28.6 Å². The number of aromatic nitrogens is 1. The van der Waals surface area contributed by atoms with Gasteiger partial charge in [-0.05, 0) is 51.0 Å². The number of oxime groups is 1. The first-order valence-corrected chi connectivity index (χ1v) is 10.8. The maximum Gasteiger partial charge on any atom is 0.286 e. The first kappa shape index (κ1) is 22.6. The second-order valence-corrected chi connectivity index (χ2v) is 8.32. The smallest absolute Gasteiger partial charge is 0.286 e. The van der Waals surface area contributed by atoms with Gasteiger partial charge in [-0.2, -0.15) is 0 Å². The molecule has 0 radical (unpaired) electrons. The second-order valence-electron chi connectivity index (χ2n) is 7.14. The molecule has 2 heterocycles. The lowest BCUT2D eigenvalue weighted by Gasteiger charge is -2.09. The van der Waals surface area contributed by atoms with Gasteiger partial charge in [0.15, 0.2) is 6.61 Å². The molecule has 0 aliphatic carbocycles. The van der Waals surface area contributed by atoms with Crippen molar-refractivity contribution in [1.29, 1.82) is 0 Å². The zero-order valence-electron chi connectivity index (χ0n) is 17.7. The molecule has 1 saturated heterocycles. The Labute approximate surface area is 185 Å². The van der Waals surface area contributed by atoms with Gasteiger partial charge < -0.3 is 14.3 Å². The molecule has 0 spiro atoms. The van der Waals surface area contributed by atoms with Crippen LogP contribution >= 0.6 is 11.8 Å². The number of thioether (sulfide) groups is 1. The molecule has 2 aromatic rings. The molecule has 31 heavy (non-hydrogen) atoms. The van der Waals surface area contributed by atoms with E-state index in [4.69, 9.17) is 14.3 Å². The Balaban J connectivity index is 1.39. The van der Waals surface area contributed by atoms with Crippen molar-refractivity contribution in [2.45, 2.75) is 38.5 Å². The lowest BCUT2D eigenvalue weighted by molar-refractivity contribution is -0.118. The van der Waals surface area contributed by atoms with Gasteiger partial charge in [0.25, 0.3) is 5.24 Å². The predicted octanol–water partition coefficient (Wildman–Crippen LogP) is 3.58. The first-order chi connectivity index (χ1) is 14.9. The molecule has 1 unspecified atom stereocenters. The highest BCUT2D eigenvalue weighted by Gasteiger charge is 2.31. The van der Waals surface area contributed by atoms with Crippen molar-refractivity contribution in [3.63, 3.8) is 0 Å². The van der Waals surface area contributed by atoms with Crippen LogP contribution in [0.4, 0.5) is 4.79 Å². The van der Waals surface area contributed by atoms with Crippen LogP contribution in [0.15, 0.2) is 47.8 Å². The molecule has 1 aromatic heterocycles. The van der Waals surface area contributed by atoms with E-state index >= 15 is 0 Å². The molecular weight excluding hydrogens is 418 g/mol. The molecule has 3 rings (SSSR count). The van der Waals surface area contributed by atoms with Crippen molar-refractivity contribution in [1.82, 2.24) is 10.3 Å².